The van der Waals surface area contributed by atoms with Crippen LogP contribution in [-0.4, -0.2) is 142 Å². The van der Waals surface area contributed by atoms with Crippen LogP contribution in [0.2, 0.25) is 0 Å². The van der Waals surface area contributed by atoms with Crippen molar-refractivity contribution in [2.75, 3.05) is 27.2 Å². The Morgan fingerprint density at radius 1 is 0.982 bits per heavy atom. The van der Waals surface area contributed by atoms with Crippen LogP contribution in [0.3, 0.4) is 0 Å². The quantitative estimate of drug-likeness (QED) is 0.0866. The third kappa shape index (κ3) is 10.8. The van der Waals surface area contributed by atoms with Gasteiger partial charge in [-0.15, -0.1) is 0 Å². The van der Waals surface area contributed by atoms with Gasteiger partial charge in [0.1, 0.15) is 42.2 Å². The number of primary amides is 1. The number of phenols is 1. The lowest BCUT2D eigenvalue weighted by Crippen LogP contribution is -2.61. The van der Waals surface area contributed by atoms with Gasteiger partial charge in [0.25, 0.3) is 5.91 Å². The Labute approximate surface area is 326 Å². The van der Waals surface area contributed by atoms with E-state index in [-0.39, 0.29) is 31.6 Å². The zero-order chi connectivity index (χ0) is 41.3. The summed E-state index contributed by atoms with van der Waals surface area (Å²) in [6.07, 6.45) is -5.70. The van der Waals surface area contributed by atoms with Crippen molar-refractivity contribution in [1.29, 1.82) is 0 Å². The molecule has 308 valence electrons. The Hall–Kier alpha value is -4.65. The number of likely N-dealkylation sites (N-methyl/N-ethyl adjacent to an activating group) is 1. The van der Waals surface area contributed by atoms with Crippen LogP contribution in [0.4, 0.5) is 0 Å². The first-order chi connectivity index (χ1) is 26.5. The molecule has 56 heavy (non-hydrogen) atoms. The third-order valence-electron chi connectivity index (χ3n) is 10.6. The van der Waals surface area contributed by atoms with Gasteiger partial charge in [-0.25, -0.2) is 0 Å². The summed E-state index contributed by atoms with van der Waals surface area (Å²) in [4.78, 5) is 69.6. The Bertz CT molecular complexity index is 1670. The minimum Gasteiger partial charge on any atom is -0.508 e. The van der Waals surface area contributed by atoms with E-state index in [1.165, 1.54) is 24.0 Å². The molecule has 2 aliphatic rings. The number of nitrogens with zero attached hydrogens (tertiary/aromatic N) is 2. The van der Waals surface area contributed by atoms with Crippen LogP contribution in [0, 0.1) is 13.8 Å². The van der Waals surface area contributed by atoms with E-state index in [9.17, 15) is 44.4 Å². The van der Waals surface area contributed by atoms with Crippen LogP contribution in [0.25, 0.3) is 0 Å². The Balaban J connectivity index is 1.39. The molecule has 0 unspecified atom stereocenters. The van der Waals surface area contributed by atoms with Gasteiger partial charge in [-0.1, -0.05) is 30.3 Å². The number of unbranched alkanes of at least 4 members (excludes halogenated alkanes) is 1. The molecule has 17 heteroatoms. The number of likely N-dealkylation sites (tertiary alicyclic amines) is 1. The Morgan fingerprint density at radius 2 is 1.64 bits per heavy atom. The van der Waals surface area contributed by atoms with Crippen LogP contribution in [0.5, 0.6) is 5.75 Å². The van der Waals surface area contributed by atoms with E-state index in [1.807, 2.05) is 19.9 Å². The number of phenolic OH excluding ortho intramolecular Hbond substituents is 1. The number of aliphatic hydroxyl groups is 3. The van der Waals surface area contributed by atoms with Crippen molar-refractivity contribution >= 4 is 29.5 Å². The number of benzene rings is 2. The number of carbonyl (C=O) groups is 5. The van der Waals surface area contributed by atoms with Gasteiger partial charge in [0.2, 0.25) is 23.6 Å². The summed E-state index contributed by atoms with van der Waals surface area (Å²) in [5, 5.41) is 45.6. The number of aromatic hydroxyl groups is 1. The lowest BCUT2D eigenvalue weighted by molar-refractivity contribution is -0.283. The highest BCUT2D eigenvalue weighted by Crippen LogP contribution is 2.25. The highest BCUT2D eigenvalue weighted by atomic mass is 16.7. The number of hydrogen-bond acceptors (Lipinski definition) is 12. The number of nitrogens with one attached hydrogen (secondary N) is 2. The molecule has 0 bridgehead atoms. The van der Waals surface area contributed by atoms with Crippen molar-refractivity contribution in [3.05, 3.63) is 64.7 Å². The van der Waals surface area contributed by atoms with Crippen molar-refractivity contribution in [3.63, 3.8) is 0 Å². The lowest BCUT2D eigenvalue weighted by Gasteiger charge is -2.38. The first-order valence-electron chi connectivity index (χ1n) is 18.8. The maximum Gasteiger partial charge on any atom is 0.252 e. The lowest BCUT2D eigenvalue weighted by atomic mass is 9.95. The van der Waals surface area contributed by atoms with Crippen molar-refractivity contribution in [2.45, 2.75) is 114 Å². The number of amides is 5. The van der Waals surface area contributed by atoms with Crippen molar-refractivity contribution in [1.82, 2.24) is 20.4 Å². The number of nitrogens with two attached hydrogens (primary N) is 2. The van der Waals surface area contributed by atoms with Gasteiger partial charge in [0, 0.05) is 33.7 Å². The van der Waals surface area contributed by atoms with E-state index in [1.54, 1.807) is 36.4 Å². The summed E-state index contributed by atoms with van der Waals surface area (Å²) >= 11 is 0. The van der Waals surface area contributed by atoms with Gasteiger partial charge in [-0.3, -0.25) is 24.0 Å². The molecule has 9 atom stereocenters. The zero-order valence-electron chi connectivity index (χ0n) is 32.3. The minimum absolute atomic E-state index is 0.0892. The minimum atomic E-state index is -1.69. The smallest absolute Gasteiger partial charge is 0.252 e. The largest absolute Gasteiger partial charge is 0.508 e. The molecule has 4 rings (SSSR count). The fourth-order valence-electron chi connectivity index (χ4n) is 7.39. The first-order valence-corrected chi connectivity index (χ1v) is 18.8. The molecule has 17 nitrogen and oxygen atoms in total. The first kappa shape index (κ1) is 44.1. The summed E-state index contributed by atoms with van der Waals surface area (Å²) in [6, 6.07) is 8.24. The molecule has 0 radical (unpaired) electrons. The van der Waals surface area contributed by atoms with Crippen LogP contribution in [0.1, 0.15) is 54.4 Å². The Kier molecular flexibility index (Phi) is 15.7. The second-order valence-electron chi connectivity index (χ2n) is 14.6. The molecule has 2 fully saturated rings. The average Bonchev–Trinajstić information content (AvgIpc) is 3.66. The second-order valence-corrected chi connectivity index (χ2v) is 14.6. The molecular formula is C39H56N6O11. The van der Waals surface area contributed by atoms with Crippen molar-refractivity contribution in [3.8, 4) is 5.75 Å². The molecule has 2 aliphatic heterocycles. The molecule has 0 aromatic heterocycles. The maximum atomic E-state index is 14.1. The molecule has 0 spiro atoms. The molecule has 2 aromatic rings. The van der Waals surface area contributed by atoms with E-state index in [2.05, 4.69) is 10.6 Å². The van der Waals surface area contributed by atoms with Crippen molar-refractivity contribution < 1.29 is 53.9 Å². The predicted octanol–water partition coefficient (Wildman–Crippen LogP) is -1.35. The molecular weight excluding hydrogens is 728 g/mol. The third-order valence-corrected chi connectivity index (χ3v) is 10.6. The van der Waals surface area contributed by atoms with Gasteiger partial charge in [0.15, 0.2) is 12.4 Å². The van der Waals surface area contributed by atoms with Crippen LogP contribution in [-0.2, 0) is 46.3 Å². The van der Waals surface area contributed by atoms with Gasteiger partial charge in [-0.05, 0) is 86.8 Å². The number of hydrogen-bond donors (Lipinski definition) is 8. The molecule has 2 aromatic carbocycles. The number of carbonyl (C=O) groups excluding carboxylic acids is 5. The number of aryl methyl sites for hydroxylation is 2. The maximum absolute atomic E-state index is 14.1. The van der Waals surface area contributed by atoms with Crippen LogP contribution < -0.4 is 22.1 Å². The van der Waals surface area contributed by atoms with Crippen LogP contribution in [0.15, 0.2) is 42.5 Å². The molecule has 2 saturated heterocycles. The normalized spacial score (nSPS) is 23.8. The van der Waals surface area contributed by atoms with E-state index >= 15 is 0 Å². The molecule has 10 N–H and O–H groups in total. The van der Waals surface area contributed by atoms with Gasteiger partial charge >= 0.3 is 0 Å². The number of ether oxygens (including phenoxy) is 2. The summed E-state index contributed by atoms with van der Waals surface area (Å²) in [5.41, 5.74) is 15.3. The predicted molar refractivity (Wildman–Crippen MR) is 202 cm³/mol. The fraction of sp³-hybridized carbons (Fsp3) is 0.564. The van der Waals surface area contributed by atoms with Gasteiger partial charge in [0.05, 0.1) is 6.04 Å². The van der Waals surface area contributed by atoms with E-state index in [4.69, 9.17) is 20.9 Å². The van der Waals surface area contributed by atoms with Crippen molar-refractivity contribution in [2.24, 2.45) is 11.5 Å². The van der Waals surface area contributed by atoms with Gasteiger partial charge < -0.3 is 61.8 Å². The molecule has 2 heterocycles. The topological polar surface area (TPSA) is 267 Å². The zero-order valence-corrected chi connectivity index (χ0v) is 32.3. The highest BCUT2D eigenvalue weighted by molar-refractivity contribution is 5.95. The van der Waals surface area contributed by atoms with Gasteiger partial charge in [-0.2, -0.15) is 0 Å². The van der Waals surface area contributed by atoms with E-state index in [0.717, 1.165) is 22.3 Å². The highest BCUT2D eigenvalue weighted by Gasteiger charge is 2.47. The Morgan fingerprint density at radius 3 is 2.27 bits per heavy atom. The summed E-state index contributed by atoms with van der Waals surface area (Å²) in [6.45, 7) is 4.06. The molecule has 0 aliphatic carbocycles. The van der Waals surface area contributed by atoms with Crippen LogP contribution >= 0.6 is 0 Å². The number of aliphatic hydroxyl groups excluding tert-OH is 3. The monoisotopic (exact) mass is 784 g/mol. The summed E-state index contributed by atoms with van der Waals surface area (Å²) in [5.74, 6) is -2.89. The number of rotatable bonds is 17. The SMILES string of the molecule is CO[C@@H]1O[C@H](C(=O)NCCCC[C@@H](C(N)=O)N(C)C(=O)[C@H](Cc2ccccc2)NC(=O)[C@@H]2CCCN2C(=O)[C@@H](N)Cc2c(C)cc(O)cc2C)[C@@H](O)[C@H](O)[C@H]1O. The fourth-order valence-corrected chi connectivity index (χ4v) is 7.39. The molecule has 0 saturated carbocycles. The van der Waals surface area contributed by atoms with E-state index in [0.29, 0.717) is 32.2 Å². The van der Waals surface area contributed by atoms with E-state index < -0.39 is 84.4 Å². The summed E-state index contributed by atoms with van der Waals surface area (Å²) in [7, 11) is 2.64. The second kappa shape index (κ2) is 20.0. The average molecular weight is 785 g/mol. The summed E-state index contributed by atoms with van der Waals surface area (Å²) < 4.78 is 10.2. The number of methoxy groups -OCH3 is 1. The molecule has 5 amide bonds. The standard InChI is InChI=1S/C39H56N6O11/c1-21-17-24(46)18-22(2)25(21)20-26(40)37(53)45-16-10-14-29(45)35(51)43-27(19-23-11-6-5-7-12-23)38(54)44(3)28(34(41)50)13-8-9-15-42-36(52)33-31(48)30(47)32(49)39(55-4)56-33/h5-7,11-12,17-18,26-33,39,46-49H,8-10,13-16,19-20,40H2,1-4H3,(H2,41,50)(H,42,52)(H,43,51)/t26-,27-,28-,29-,30-,31-,32+,33-,39+/m0/s1.